The van der Waals surface area contributed by atoms with E-state index in [-0.39, 0.29) is 11.7 Å². The summed E-state index contributed by atoms with van der Waals surface area (Å²) < 4.78 is 42.0. The normalized spacial score (nSPS) is 15.3. The average molecular weight is 427 g/mol. The minimum Gasteiger partial charge on any atom is -0.404 e. The van der Waals surface area contributed by atoms with Gasteiger partial charge in [0.25, 0.3) is 5.91 Å². The molecule has 2 heterocycles. The van der Waals surface area contributed by atoms with E-state index in [2.05, 4.69) is 15.0 Å². The van der Waals surface area contributed by atoms with Gasteiger partial charge < -0.3 is 15.0 Å². The average Bonchev–Trinajstić information content (AvgIpc) is 3.22. The molecule has 3 rings (SSSR count). The van der Waals surface area contributed by atoms with E-state index in [0.29, 0.717) is 25.3 Å². The SMILES string of the molecule is O=C(NCCCCN1CCN(c2ccccc2OC(F)(F)F)CC1)c1cccs1. The first-order valence-corrected chi connectivity index (χ1v) is 10.4. The van der Waals surface area contributed by atoms with Crippen LogP contribution in [0.5, 0.6) is 5.75 Å². The minimum absolute atomic E-state index is 0.0339. The summed E-state index contributed by atoms with van der Waals surface area (Å²) in [5.41, 5.74) is 0.473. The van der Waals surface area contributed by atoms with E-state index < -0.39 is 6.36 Å². The van der Waals surface area contributed by atoms with Crippen molar-refractivity contribution in [3.05, 3.63) is 46.7 Å². The molecule has 1 aromatic carbocycles. The number of hydrogen-bond acceptors (Lipinski definition) is 5. The summed E-state index contributed by atoms with van der Waals surface area (Å²) >= 11 is 1.42. The summed E-state index contributed by atoms with van der Waals surface area (Å²) in [6.45, 7) is 4.40. The summed E-state index contributed by atoms with van der Waals surface area (Å²) in [6.07, 6.45) is -2.85. The highest BCUT2D eigenvalue weighted by atomic mass is 32.1. The van der Waals surface area contributed by atoms with Gasteiger partial charge in [0.1, 0.15) is 0 Å². The first kappa shape index (κ1) is 21.4. The lowest BCUT2D eigenvalue weighted by molar-refractivity contribution is -0.274. The smallest absolute Gasteiger partial charge is 0.404 e. The fraction of sp³-hybridized carbons (Fsp3) is 0.450. The number of hydrogen-bond donors (Lipinski definition) is 1. The Balaban J connectivity index is 1.37. The van der Waals surface area contributed by atoms with Crippen molar-refractivity contribution in [2.24, 2.45) is 0 Å². The zero-order valence-corrected chi connectivity index (χ0v) is 16.8. The van der Waals surface area contributed by atoms with Crippen LogP contribution in [0.25, 0.3) is 0 Å². The largest absolute Gasteiger partial charge is 0.573 e. The van der Waals surface area contributed by atoms with Gasteiger partial charge in [-0.25, -0.2) is 0 Å². The zero-order chi connectivity index (χ0) is 20.7. The Labute approximate surface area is 172 Å². The number of anilines is 1. The maximum atomic E-state index is 12.6. The maximum Gasteiger partial charge on any atom is 0.573 e. The number of ether oxygens (including phenoxy) is 1. The van der Waals surface area contributed by atoms with Crippen molar-refractivity contribution in [1.29, 1.82) is 0 Å². The van der Waals surface area contributed by atoms with Crippen LogP contribution in [0.1, 0.15) is 22.5 Å². The monoisotopic (exact) mass is 427 g/mol. The summed E-state index contributed by atoms with van der Waals surface area (Å²) in [5.74, 6) is -0.191. The molecule has 1 fully saturated rings. The molecule has 9 heteroatoms. The third-order valence-electron chi connectivity index (χ3n) is 4.74. The van der Waals surface area contributed by atoms with E-state index in [0.717, 1.165) is 37.4 Å². The van der Waals surface area contributed by atoms with Gasteiger partial charge >= 0.3 is 6.36 Å². The van der Waals surface area contributed by atoms with Crippen molar-refractivity contribution in [3.63, 3.8) is 0 Å². The summed E-state index contributed by atoms with van der Waals surface area (Å²) in [5, 5.41) is 4.79. The topological polar surface area (TPSA) is 44.8 Å². The molecule has 0 unspecified atom stereocenters. The second kappa shape index (κ2) is 9.98. The van der Waals surface area contributed by atoms with Gasteiger partial charge in [-0.1, -0.05) is 18.2 Å². The predicted molar refractivity (Wildman–Crippen MR) is 108 cm³/mol. The van der Waals surface area contributed by atoms with Crippen LogP contribution >= 0.6 is 11.3 Å². The highest BCUT2D eigenvalue weighted by Crippen LogP contribution is 2.33. The molecule has 1 aliphatic rings. The Hall–Kier alpha value is -2.26. The molecule has 5 nitrogen and oxygen atoms in total. The molecule has 0 saturated carbocycles. The van der Waals surface area contributed by atoms with E-state index >= 15 is 0 Å². The Morgan fingerprint density at radius 1 is 1.07 bits per heavy atom. The summed E-state index contributed by atoms with van der Waals surface area (Å²) in [7, 11) is 0. The third-order valence-corrected chi connectivity index (χ3v) is 5.60. The fourth-order valence-electron chi connectivity index (χ4n) is 3.30. The molecule has 1 saturated heterocycles. The first-order valence-electron chi connectivity index (χ1n) is 9.56. The lowest BCUT2D eigenvalue weighted by atomic mass is 10.2. The lowest BCUT2D eigenvalue weighted by Crippen LogP contribution is -2.46. The first-order chi connectivity index (χ1) is 13.9. The van der Waals surface area contributed by atoms with Gasteiger partial charge in [0.2, 0.25) is 0 Å². The number of unbranched alkanes of at least 4 members (excludes halogenated alkanes) is 1. The summed E-state index contributed by atoms with van der Waals surface area (Å²) in [4.78, 5) is 16.8. The lowest BCUT2D eigenvalue weighted by Gasteiger charge is -2.36. The van der Waals surface area contributed by atoms with Crippen molar-refractivity contribution in [2.75, 3.05) is 44.2 Å². The van der Waals surface area contributed by atoms with E-state index in [4.69, 9.17) is 0 Å². The van der Waals surface area contributed by atoms with Crippen molar-refractivity contribution in [3.8, 4) is 5.75 Å². The second-order valence-electron chi connectivity index (χ2n) is 6.78. The Morgan fingerprint density at radius 2 is 1.83 bits per heavy atom. The van der Waals surface area contributed by atoms with Crippen LogP contribution in [0, 0.1) is 0 Å². The van der Waals surface area contributed by atoms with Crippen molar-refractivity contribution in [2.45, 2.75) is 19.2 Å². The molecule has 158 valence electrons. The predicted octanol–water partition coefficient (Wildman–Crippen LogP) is 3.98. The van der Waals surface area contributed by atoms with Gasteiger partial charge in [-0.15, -0.1) is 24.5 Å². The van der Waals surface area contributed by atoms with Crippen LogP contribution in [0.3, 0.4) is 0 Å². The third kappa shape index (κ3) is 6.64. The van der Waals surface area contributed by atoms with Crippen molar-refractivity contribution >= 4 is 22.9 Å². The number of halogens is 3. The van der Waals surface area contributed by atoms with Gasteiger partial charge in [0.05, 0.1) is 10.6 Å². The number of nitrogens with one attached hydrogen (secondary N) is 1. The molecular formula is C20H24F3N3O2S. The minimum atomic E-state index is -4.70. The molecule has 1 amide bonds. The van der Waals surface area contributed by atoms with Crippen LogP contribution in [-0.4, -0.2) is 56.4 Å². The van der Waals surface area contributed by atoms with E-state index in [1.54, 1.807) is 18.2 Å². The molecule has 0 aliphatic carbocycles. The fourth-order valence-corrected chi connectivity index (χ4v) is 3.94. The van der Waals surface area contributed by atoms with Crippen LogP contribution in [0.15, 0.2) is 41.8 Å². The van der Waals surface area contributed by atoms with Gasteiger partial charge in [-0.05, 0) is 43.0 Å². The number of rotatable bonds is 8. The van der Waals surface area contributed by atoms with Crippen molar-refractivity contribution < 1.29 is 22.7 Å². The van der Waals surface area contributed by atoms with E-state index in [1.807, 2.05) is 16.3 Å². The van der Waals surface area contributed by atoms with E-state index in [1.165, 1.54) is 23.5 Å². The standard InChI is InChI=1S/C20H24F3N3O2S/c21-20(22,23)28-17-7-2-1-6-16(17)26-13-11-25(12-14-26)10-4-3-9-24-19(27)18-8-5-15-29-18/h1-2,5-8,15H,3-4,9-14H2,(H,24,27). The Kier molecular flexibility index (Phi) is 7.38. The number of nitrogens with zero attached hydrogens (tertiary/aromatic N) is 2. The van der Waals surface area contributed by atoms with E-state index in [9.17, 15) is 18.0 Å². The molecular weight excluding hydrogens is 403 g/mol. The Bertz CT molecular complexity index is 776. The van der Waals surface area contributed by atoms with Crippen LogP contribution in [0.2, 0.25) is 0 Å². The molecule has 0 atom stereocenters. The molecule has 29 heavy (non-hydrogen) atoms. The zero-order valence-electron chi connectivity index (χ0n) is 16.0. The molecule has 0 bridgehead atoms. The second-order valence-corrected chi connectivity index (χ2v) is 7.73. The number of alkyl halides is 3. The number of thiophene rings is 1. The number of carbonyl (C=O) groups is 1. The molecule has 2 aromatic rings. The number of para-hydroxylation sites is 2. The number of piperazine rings is 1. The van der Waals surface area contributed by atoms with Crippen LogP contribution in [0.4, 0.5) is 18.9 Å². The molecule has 0 radical (unpaired) electrons. The summed E-state index contributed by atoms with van der Waals surface area (Å²) in [6, 6.07) is 9.92. The number of carbonyl (C=O) groups excluding carboxylic acids is 1. The molecule has 1 N–H and O–H groups in total. The van der Waals surface area contributed by atoms with Crippen LogP contribution < -0.4 is 15.0 Å². The number of amides is 1. The highest BCUT2D eigenvalue weighted by Gasteiger charge is 2.33. The Morgan fingerprint density at radius 3 is 2.52 bits per heavy atom. The van der Waals surface area contributed by atoms with Crippen molar-refractivity contribution in [1.82, 2.24) is 10.2 Å². The van der Waals surface area contributed by atoms with Crippen LogP contribution in [-0.2, 0) is 0 Å². The highest BCUT2D eigenvalue weighted by molar-refractivity contribution is 7.12. The quantitative estimate of drug-likeness (QED) is 0.648. The van der Waals surface area contributed by atoms with Gasteiger partial charge in [0.15, 0.2) is 5.75 Å². The number of benzene rings is 1. The molecule has 0 spiro atoms. The van der Waals surface area contributed by atoms with Gasteiger partial charge in [0, 0.05) is 32.7 Å². The van der Waals surface area contributed by atoms with Gasteiger partial charge in [-0.2, -0.15) is 0 Å². The molecule has 1 aromatic heterocycles. The maximum absolute atomic E-state index is 12.6. The molecule has 1 aliphatic heterocycles. The van der Waals surface area contributed by atoms with Gasteiger partial charge in [-0.3, -0.25) is 9.69 Å².